The van der Waals surface area contributed by atoms with Crippen LogP contribution in [-0.4, -0.2) is 37.2 Å². The third-order valence-corrected chi connectivity index (χ3v) is 10.0. The lowest BCUT2D eigenvalue weighted by atomic mass is 10.1. The van der Waals surface area contributed by atoms with E-state index in [9.17, 15) is 14.4 Å². The number of allylic oxidation sites excluding steroid dienone is 14. The average molecular weight is 821 g/mol. The Labute approximate surface area is 363 Å². The largest absolute Gasteiger partial charge is 0.462 e. The van der Waals surface area contributed by atoms with Crippen LogP contribution in [0.1, 0.15) is 213 Å². The first kappa shape index (κ1) is 55.6. The van der Waals surface area contributed by atoms with E-state index in [1.807, 2.05) is 48.6 Å². The fraction of sp³-hybridized carbons (Fsp3) is 0.679. The molecule has 0 radical (unpaired) electrons. The zero-order chi connectivity index (χ0) is 43.0. The van der Waals surface area contributed by atoms with Crippen molar-refractivity contribution in [2.45, 2.75) is 219 Å². The zero-order valence-corrected chi connectivity index (χ0v) is 38.2. The molecule has 59 heavy (non-hydrogen) atoms. The van der Waals surface area contributed by atoms with Crippen molar-refractivity contribution >= 4 is 17.9 Å². The summed E-state index contributed by atoms with van der Waals surface area (Å²) in [6, 6.07) is 0. The van der Waals surface area contributed by atoms with Gasteiger partial charge in [0.25, 0.3) is 0 Å². The van der Waals surface area contributed by atoms with Gasteiger partial charge in [-0.1, -0.05) is 215 Å². The smallest absolute Gasteiger partial charge is 0.306 e. The van der Waals surface area contributed by atoms with Gasteiger partial charge in [0.2, 0.25) is 0 Å². The zero-order valence-electron chi connectivity index (χ0n) is 38.2. The highest BCUT2D eigenvalue weighted by atomic mass is 16.6. The molecular formula is C53H88O6. The molecular weight excluding hydrogens is 733 g/mol. The van der Waals surface area contributed by atoms with Gasteiger partial charge >= 0.3 is 17.9 Å². The highest BCUT2D eigenvalue weighted by Gasteiger charge is 2.19. The first-order chi connectivity index (χ1) is 29.0. The summed E-state index contributed by atoms with van der Waals surface area (Å²) < 4.78 is 16.7. The van der Waals surface area contributed by atoms with Gasteiger partial charge in [0.05, 0.1) is 0 Å². The van der Waals surface area contributed by atoms with Crippen LogP contribution in [0.3, 0.4) is 0 Å². The Bertz CT molecular complexity index is 1170. The lowest BCUT2D eigenvalue weighted by molar-refractivity contribution is -0.167. The molecule has 0 fully saturated rings. The van der Waals surface area contributed by atoms with Crippen molar-refractivity contribution in [2.24, 2.45) is 0 Å². The van der Waals surface area contributed by atoms with E-state index in [-0.39, 0.29) is 31.1 Å². The molecule has 336 valence electrons. The van der Waals surface area contributed by atoms with Crippen LogP contribution < -0.4 is 0 Å². The van der Waals surface area contributed by atoms with Crippen LogP contribution in [-0.2, 0) is 28.6 Å². The number of hydrogen-bond donors (Lipinski definition) is 0. The Morgan fingerprint density at radius 3 is 1.10 bits per heavy atom. The van der Waals surface area contributed by atoms with Crippen LogP contribution in [0, 0.1) is 0 Å². The molecule has 0 heterocycles. The fourth-order valence-electron chi connectivity index (χ4n) is 6.39. The average Bonchev–Trinajstić information content (AvgIpc) is 3.23. The summed E-state index contributed by atoms with van der Waals surface area (Å²) in [7, 11) is 0. The van der Waals surface area contributed by atoms with E-state index in [1.165, 1.54) is 89.9 Å². The second kappa shape index (κ2) is 47.3. The van der Waals surface area contributed by atoms with Gasteiger partial charge in [0.15, 0.2) is 6.10 Å². The summed E-state index contributed by atoms with van der Waals surface area (Å²) in [6.45, 7) is 6.40. The Kier molecular flexibility index (Phi) is 44.5. The quantitative estimate of drug-likeness (QED) is 0.0264. The van der Waals surface area contributed by atoms with Gasteiger partial charge in [0.1, 0.15) is 13.2 Å². The number of carbonyl (C=O) groups is 3. The molecule has 0 aliphatic heterocycles. The molecule has 6 nitrogen and oxygen atoms in total. The second-order valence-electron chi connectivity index (χ2n) is 15.8. The Morgan fingerprint density at radius 2 is 0.661 bits per heavy atom. The molecule has 1 atom stereocenters. The number of esters is 3. The van der Waals surface area contributed by atoms with Gasteiger partial charge in [0, 0.05) is 19.3 Å². The maximum atomic E-state index is 12.8. The van der Waals surface area contributed by atoms with E-state index in [2.05, 4.69) is 57.2 Å². The molecule has 0 spiro atoms. The predicted molar refractivity (Wildman–Crippen MR) is 251 cm³/mol. The number of hydrogen-bond acceptors (Lipinski definition) is 6. The molecule has 0 saturated carbocycles. The van der Waals surface area contributed by atoms with Crippen LogP contribution >= 0.6 is 0 Å². The normalized spacial score (nSPS) is 12.8. The minimum Gasteiger partial charge on any atom is -0.462 e. The second-order valence-corrected chi connectivity index (χ2v) is 15.8. The van der Waals surface area contributed by atoms with Crippen molar-refractivity contribution in [3.8, 4) is 0 Å². The minimum absolute atomic E-state index is 0.0947. The first-order valence-electron chi connectivity index (χ1n) is 24.2. The number of unbranched alkanes of at least 4 members (excludes halogenated alkanes) is 22. The lowest BCUT2D eigenvalue weighted by Gasteiger charge is -2.18. The maximum Gasteiger partial charge on any atom is 0.306 e. The molecule has 0 N–H and O–H groups in total. The van der Waals surface area contributed by atoms with Crippen LogP contribution in [0.2, 0.25) is 0 Å². The topological polar surface area (TPSA) is 78.9 Å². The van der Waals surface area contributed by atoms with E-state index in [4.69, 9.17) is 14.2 Å². The molecule has 0 rings (SSSR count). The molecule has 0 aromatic rings. The van der Waals surface area contributed by atoms with Gasteiger partial charge < -0.3 is 14.2 Å². The van der Waals surface area contributed by atoms with Crippen molar-refractivity contribution in [1.82, 2.24) is 0 Å². The summed E-state index contributed by atoms with van der Waals surface area (Å²) in [4.78, 5) is 37.8. The molecule has 1 unspecified atom stereocenters. The highest BCUT2D eigenvalue weighted by Crippen LogP contribution is 2.14. The van der Waals surface area contributed by atoms with Gasteiger partial charge in [-0.15, -0.1) is 0 Å². The van der Waals surface area contributed by atoms with Crippen LogP contribution in [0.25, 0.3) is 0 Å². The molecule has 0 amide bonds. The van der Waals surface area contributed by atoms with Gasteiger partial charge in [-0.2, -0.15) is 0 Å². The van der Waals surface area contributed by atoms with Gasteiger partial charge in [-0.25, -0.2) is 0 Å². The predicted octanol–water partition coefficient (Wildman–Crippen LogP) is 15.6. The van der Waals surface area contributed by atoms with Crippen LogP contribution in [0.5, 0.6) is 0 Å². The molecule has 0 aliphatic rings. The molecule has 0 aromatic heterocycles. The fourth-order valence-corrected chi connectivity index (χ4v) is 6.39. The third kappa shape index (κ3) is 45.5. The lowest BCUT2D eigenvalue weighted by Crippen LogP contribution is -2.30. The molecule has 0 saturated heterocycles. The first-order valence-corrected chi connectivity index (χ1v) is 24.2. The van der Waals surface area contributed by atoms with Crippen LogP contribution in [0.15, 0.2) is 85.1 Å². The third-order valence-electron chi connectivity index (χ3n) is 10.0. The number of ether oxygens (including phenoxy) is 3. The Balaban J connectivity index is 4.49. The molecule has 0 aliphatic carbocycles. The van der Waals surface area contributed by atoms with Gasteiger partial charge in [-0.3, -0.25) is 14.4 Å². The summed E-state index contributed by atoms with van der Waals surface area (Å²) in [6.07, 6.45) is 59.8. The standard InChI is InChI=1S/C53H88O6/c1-4-7-10-13-16-19-22-24-26-28-31-34-37-40-43-46-52(55)58-49-50(48-57-51(54)45-42-39-36-33-30-21-18-15-12-9-6-3)59-53(56)47-44-41-38-35-32-29-27-25-23-20-17-14-11-8-5-2/h7,10,13,16-17,19-20,22-26,28,31,50H,4-6,8-9,11-12,14-15,18,21,27,29-30,32-49H2,1-3H3/b10-7-,16-13-,20-17-,22-19-,25-23-,26-24-,31-28-. The Morgan fingerprint density at radius 1 is 0.356 bits per heavy atom. The minimum atomic E-state index is -0.797. The van der Waals surface area contributed by atoms with E-state index in [0.29, 0.717) is 19.3 Å². The molecule has 6 heteroatoms. The molecule has 0 aromatic carbocycles. The SMILES string of the molecule is CC\C=C/C=C\C=C/C=C\C=C/CCCCCC(=O)OCC(COC(=O)CCCCCCCCCCCCC)OC(=O)CCCCCCCC/C=C\C=C/CCCCC. The summed E-state index contributed by atoms with van der Waals surface area (Å²) in [5.41, 5.74) is 0. The summed E-state index contributed by atoms with van der Waals surface area (Å²) in [5.74, 6) is -0.954. The molecule has 0 bridgehead atoms. The van der Waals surface area contributed by atoms with Crippen molar-refractivity contribution in [3.63, 3.8) is 0 Å². The van der Waals surface area contributed by atoms with Crippen molar-refractivity contribution in [1.29, 1.82) is 0 Å². The van der Waals surface area contributed by atoms with Crippen molar-refractivity contribution < 1.29 is 28.6 Å². The van der Waals surface area contributed by atoms with E-state index >= 15 is 0 Å². The number of rotatable bonds is 42. The highest BCUT2D eigenvalue weighted by molar-refractivity contribution is 5.71. The maximum absolute atomic E-state index is 12.8. The van der Waals surface area contributed by atoms with Gasteiger partial charge in [-0.05, 0) is 64.2 Å². The monoisotopic (exact) mass is 821 g/mol. The van der Waals surface area contributed by atoms with Crippen molar-refractivity contribution in [3.05, 3.63) is 85.1 Å². The Hall–Kier alpha value is -3.41. The van der Waals surface area contributed by atoms with E-state index in [0.717, 1.165) is 83.5 Å². The van der Waals surface area contributed by atoms with E-state index in [1.54, 1.807) is 0 Å². The van der Waals surface area contributed by atoms with Crippen molar-refractivity contribution in [2.75, 3.05) is 13.2 Å². The summed E-state index contributed by atoms with van der Waals surface area (Å²) >= 11 is 0. The van der Waals surface area contributed by atoms with Crippen LogP contribution in [0.4, 0.5) is 0 Å². The summed E-state index contributed by atoms with van der Waals surface area (Å²) in [5, 5.41) is 0. The number of carbonyl (C=O) groups excluding carboxylic acids is 3. The van der Waals surface area contributed by atoms with E-state index < -0.39 is 6.10 Å².